The molecule has 1 saturated heterocycles. The number of benzene rings is 1. The number of hydrogen-bond acceptors (Lipinski definition) is 4. The number of carbonyl (C=O) groups is 2. The topological polar surface area (TPSA) is 73.5 Å². The van der Waals surface area contributed by atoms with Crippen LogP contribution in [0.25, 0.3) is 0 Å². The maximum absolute atomic E-state index is 13.6. The van der Waals surface area contributed by atoms with Crippen molar-refractivity contribution in [3.05, 3.63) is 33.8 Å². The van der Waals surface area contributed by atoms with Crippen LogP contribution in [0.5, 0.6) is 0 Å². The zero-order valence-electron chi connectivity index (χ0n) is 21.6. The van der Waals surface area contributed by atoms with Crippen LogP contribution in [0.2, 0.25) is 10.0 Å². The number of hydrogen-bond donors (Lipinski definition) is 3. The molecule has 1 aromatic carbocycles. The Balaban J connectivity index is 1.63. The molecule has 2 unspecified atom stereocenters. The molecule has 1 heterocycles. The number of amides is 2. The van der Waals surface area contributed by atoms with Gasteiger partial charge in [0.25, 0.3) is 5.91 Å². The summed E-state index contributed by atoms with van der Waals surface area (Å²) in [5, 5.41) is 10.8. The minimum atomic E-state index is -0.255. The van der Waals surface area contributed by atoms with Gasteiger partial charge in [-0.1, -0.05) is 50.9 Å². The van der Waals surface area contributed by atoms with Gasteiger partial charge in [-0.25, -0.2) is 0 Å². The summed E-state index contributed by atoms with van der Waals surface area (Å²) in [5.41, 5.74) is 0.476. The minimum absolute atomic E-state index is 0.0175. The van der Waals surface area contributed by atoms with E-state index >= 15 is 0 Å². The largest absolute Gasteiger partial charge is 0.350 e. The van der Waals surface area contributed by atoms with Gasteiger partial charge in [0.1, 0.15) is 0 Å². The molecule has 35 heavy (non-hydrogen) atoms. The van der Waals surface area contributed by atoms with E-state index in [9.17, 15) is 9.59 Å². The first kappa shape index (κ1) is 28.2. The predicted molar refractivity (Wildman–Crippen MR) is 144 cm³/mol. The Bertz CT molecular complexity index is 856. The number of carbonyl (C=O) groups excluding carboxylic acids is 2. The van der Waals surface area contributed by atoms with Crippen molar-refractivity contribution in [3.63, 3.8) is 0 Å². The van der Waals surface area contributed by atoms with Crippen LogP contribution in [0.4, 0.5) is 0 Å². The Kier molecular flexibility index (Phi) is 10.7. The maximum Gasteiger partial charge on any atom is 0.251 e. The van der Waals surface area contributed by atoms with Crippen molar-refractivity contribution in [3.8, 4) is 0 Å². The van der Waals surface area contributed by atoms with Crippen molar-refractivity contribution in [1.82, 2.24) is 20.9 Å². The second-order valence-electron chi connectivity index (χ2n) is 11.0. The van der Waals surface area contributed by atoms with Crippen LogP contribution in [0.15, 0.2) is 18.2 Å². The van der Waals surface area contributed by atoms with Crippen LogP contribution in [-0.2, 0) is 4.79 Å². The molecule has 1 aliphatic heterocycles. The molecule has 2 fully saturated rings. The molecule has 2 aliphatic rings. The summed E-state index contributed by atoms with van der Waals surface area (Å²) >= 11 is 12.1. The van der Waals surface area contributed by atoms with Crippen molar-refractivity contribution >= 4 is 35.0 Å². The molecule has 4 atom stereocenters. The Hall–Kier alpha value is -1.34. The molecule has 0 spiro atoms. The summed E-state index contributed by atoms with van der Waals surface area (Å²) in [6.45, 7) is 11.7. The fourth-order valence-corrected chi connectivity index (χ4v) is 5.97. The van der Waals surface area contributed by atoms with Gasteiger partial charge in [0.15, 0.2) is 0 Å². The van der Waals surface area contributed by atoms with Crippen LogP contribution in [0.3, 0.4) is 0 Å². The Labute approximate surface area is 220 Å². The molecule has 3 rings (SSSR count). The van der Waals surface area contributed by atoms with E-state index in [4.69, 9.17) is 23.2 Å². The second-order valence-corrected chi connectivity index (χ2v) is 11.8. The van der Waals surface area contributed by atoms with Crippen molar-refractivity contribution in [2.24, 2.45) is 17.8 Å². The zero-order chi connectivity index (χ0) is 25.5. The highest BCUT2D eigenvalue weighted by atomic mass is 35.5. The molecule has 0 aromatic heterocycles. The van der Waals surface area contributed by atoms with Crippen molar-refractivity contribution in [1.29, 1.82) is 0 Å². The lowest BCUT2D eigenvalue weighted by atomic mass is 9.76. The van der Waals surface area contributed by atoms with Crippen LogP contribution in [-0.4, -0.2) is 61.0 Å². The van der Waals surface area contributed by atoms with Crippen LogP contribution < -0.4 is 16.0 Å². The lowest BCUT2D eigenvalue weighted by molar-refractivity contribution is -0.133. The first-order chi connectivity index (χ1) is 16.6. The van der Waals surface area contributed by atoms with Gasteiger partial charge >= 0.3 is 0 Å². The molecule has 1 aromatic rings. The Morgan fingerprint density at radius 2 is 1.86 bits per heavy atom. The Morgan fingerprint density at radius 1 is 1.14 bits per heavy atom. The molecule has 2 amide bonds. The molecule has 8 heteroatoms. The SMILES string of the molecule is CC1CC(C)CC(CN2CC[C@H](CNC(=O)c3ccc(Cl)c(Cl)c3)N[C@H](CCNC(C)C)C2=O)C1. The molecule has 1 aliphatic carbocycles. The van der Waals surface area contributed by atoms with Gasteiger partial charge in [-0.05, 0) is 74.6 Å². The van der Waals surface area contributed by atoms with Gasteiger partial charge in [-0.3, -0.25) is 9.59 Å². The fourth-order valence-electron chi connectivity index (χ4n) is 5.68. The summed E-state index contributed by atoms with van der Waals surface area (Å²) in [6.07, 6.45) is 5.21. The first-order valence-corrected chi connectivity index (χ1v) is 13.9. The normalized spacial score (nSPS) is 27.7. The van der Waals surface area contributed by atoms with E-state index in [0.717, 1.165) is 37.8 Å². The van der Waals surface area contributed by atoms with Crippen LogP contribution in [0, 0.1) is 17.8 Å². The average Bonchev–Trinajstić information content (AvgIpc) is 2.92. The first-order valence-electron chi connectivity index (χ1n) is 13.1. The number of nitrogens with one attached hydrogen (secondary N) is 3. The summed E-state index contributed by atoms with van der Waals surface area (Å²) < 4.78 is 0. The maximum atomic E-state index is 13.6. The van der Waals surface area contributed by atoms with Gasteiger partial charge in [-0.15, -0.1) is 0 Å². The molecule has 1 saturated carbocycles. The molecule has 3 N–H and O–H groups in total. The van der Waals surface area contributed by atoms with Crippen LogP contribution in [0.1, 0.15) is 70.2 Å². The summed E-state index contributed by atoms with van der Waals surface area (Å²) in [7, 11) is 0. The van der Waals surface area contributed by atoms with E-state index in [2.05, 4.69) is 48.5 Å². The number of nitrogens with zero attached hydrogens (tertiary/aromatic N) is 1. The van der Waals surface area contributed by atoms with Gasteiger partial charge < -0.3 is 20.9 Å². The van der Waals surface area contributed by atoms with Gasteiger partial charge in [-0.2, -0.15) is 0 Å². The third-order valence-corrected chi connectivity index (χ3v) is 7.96. The number of rotatable bonds is 9. The Morgan fingerprint density at radius 3 is 2.51 bits per heavy atom. The van der Waals surface area contributed by atoms with Crippen molar-refractivity contribution < 1.29 is 9.59 Å². The molecule has 6 nitrogen and oxygen atoms in total. The molecular formula is C27H42Cl2N4O2. The summed E-state index contributed by atoms with van der Waals surface area (Å²) in [5.74, 6) is 2.01. The highest BCUT2D eigenvalue weighted by molar-refractivity contribution is 6.42. The highest BCUT2D eigenvalue weighted by Gasteiger charge is 2.33. The smallest absolute Gasteiger partial charge is 0.251 e. The number of halogens is 2. The average molecular weight is 526 g/mol. The van der Waals surface area contributed by atoms with Crippen molar-refractivity contribution in [2.45, 2.75) is 77.9 Å². The second kappa shape index (κ2) is 13.3. The third kappa shape index (κ3) is 8.63. The fraction of sp³-hybridized carbons (Fsp3) is 0.704. The van der Waals surface area contributed by atoms with E-state index in [1.165, 1.54) is 19.3 Å². The highest BCUT2D eigenvalue weighted by Crippen LogP contribution is 2.33. The third-order valence-electron chi connectivity index (χ3n) is 7.23. The van der Waals surface area contributed by atoms with Crippen LogP contribution >= 0.6 is 23.2 Å². The summed E-state index contributed by atoms with van der Waals surface area (Å²) in [6, 6.07) is 5.01. The quantitative estimate of drug-likeness (QED) is 0.436. The lowest BCUT2D eigenvalue weighted by Crippen LogP contribution is -2.50. The molecular weight excluding hydrogens is 483 g/mol. The van der Waals surface area contributed by atoms with E-state index in [0.29, 0.717) is 40.7 Å². The predicted octanol–water partition coefficient (Wildman–Crippen LogP) is 4.74. The van der Waals surface area contributed by atoms with Crippen molar-refractivity contribution in [2.75, 3.05) is 26.2 Å². The lowest BCUT2D eigenvalue weighted by Gasteiger charge is -2.35. The van der Waals surface area contributed by atoms with E-state index in [1.54, 1.807) is 18.2 Å². The van der Waals surface area contributed by atoms with Gasteiger partial charge in [0.2, 0.25) is 5.91 Å². The summed E-state index contributed by atoms with van der Waals surface area (Å²) in [4.78, 5) is 28.3. The monoisotopic (exact) mass is 524 g/mol. The molecule has 0 bridgehead atoms. The van der Waals surface area contributed by atoms with Gasteiger partial charge in [0.05, 0.1) is 16.1 Å². The molecule has 0 radical (unpaired) electrons. The minimum Gasteiger partial charge on any atom is -0.350 e. The van der Waals surface area contributed by atoms with E-state index in [1.807, 2.05) is 0 Å². The molecule has 196 valence electrons. The zero-order valence-corrected chi connectivity index (χ0v) is 23.1. The van der Waals surface area contributed by atoms with Gasteiger partial charge in [0, 0.05) is 37.3 Å². The van der Waals surface area contributed by atoms with E-state index < -0.39 is 0 Å². The van der Waals surface area contributed by atoms with E-state index in [-0.39, 0.29) is 23.9 Å². The standard InChI is InChI=1S/C27H42Cl2N4O2/c1-17(2)30-9-7-25-27(35)33(16-20-12-18(3)11-19(4)13-20)10-8-22(32-25)15-31-26(34)21-5-6-23(28)24(29)14-21/h5-6,14,17-20,22,25,30,32H,7-13,15-16H2,1-4H3,(H,31,34)/t18?,19?,20?,22-,25-/m1/s1.